The molecule has 0 heterocycles. The zero-order valence-corrected chi connectivity index (χ0v) is 12.1. The Morgan fingerprint density at radius 1 is 1.21 bits per heavy atom. The molecule has 0 aliphatic rings. The van der Waals surface area contributed by atoms with Gasteiger partial charge >= 0.3 is 0 Å². The predicted molar refractivity (Wildman–Crippen MR) is 79.8 cm³/mol. The Morgan fingerprint density at radius 3 is 2.37 bits per heavy atom. The summed E-state index contributed by atoms with van der Waals surface area (Å²) in [6.07, 6.45) is 2.91. The number of amides is 1. The van der Waals surface area contributed by atoms with Gasteiger partial charge in [-0.05, 0) is 17.9 Å². The van der Waals surface area contributed by atoms with Gasteiger partial charge in [-0.15, -0.1) is 0 Å². The minimum Gasteiger partial charge on any atom is -0.356 e. The lowest BCUT2D eigenvalue weighted by Gasteiger charge is -2.18. The molecule has 0 radical (unpaired) electrons. The summed E-state index contributed by atoms with van der Waals surface area (Å²) >= 11 is 0. The van der Waals surface area contributed by atoms with Gasteiger partial charge < -0.3 is 11.1 Å². The van der Waals surface area contributed by atoms with Crippen molar-refractivity contribution in [2.45, 2.75) is 33.1 Å². The highest BCUT2D eigenvalue weighted by Crippen LogP contribution is 2.09. The van der Waals surface area contributed by atoms with Crippen LogP contribution in [0.3, 0.4) is 0 Å². The highest BCUT2D eigenvalue weighted by atomic mass is 16.1. The molecule has 0 aliphatic heterocycles. The van der Waals surface area contributed by atoms with Crippen LogP contribution in [-0.4, -0.2) is 19.0 Å². The zero-order valence-electron chi connectivity index (χ0n) is 12.1. The number of carbonyl (C=O) groups excluding carboxylic acids is 1. The van der Waals surface area contributed by atoms with Crippen molar-refractivity contribution in [3.8, 4) is 0 Å². The highest BCUT2D eigenvalue weighted by molar-refractivity contribution is 5.79. The predicted octanol–water partition coefficient (Wildman–Crippen LogP) is 2.36. The van der Waals surface area contributed by atoms with E-state index in [2.05, 4.69) is 19.2 Å². The van der Waals surface area contributed by atoms with E-state index in [0.717, 1.165) is 24.9 Å². The summed E-state index contributed by atoms with van der Waals surface area (Å²) in [5, 5.41) is 3.04. The quantitative estimate of drug-likeness (QED) is 0.755. The summed E-state index contributed by atoms with van der Waals surface area (Å²) in [5.41, 5.74) is 6.89. The maximum Gasteiger partial charge on any atom is 0.224 e. The average molecular weight is 262 g/mol. The SMILES string of the molecule is CCC(CC)CNC(=O)C(CN)Cc1ccccc1. The van der Waals surface area contributed by atoms with E-state index in [1.54, 1.807) is 0 Å². The Kier molecular flexibility index (Phi) is 7.19. The van der Waals surface area contributed by atoms with Gasteiger partial charge in [0.05, 0.1) is 5.92 Å². The van der Waals surface area contributed by atoms with Crippen molar-refractivity contribution in [3.05, 3.63) is 35.9 Å². The third kappa shape index (κ3) is 5.43. The van der Waals surface area contributed by atoms with Crippen molar-refractivity contribution in [2.75, 3.05) is 13.1 Å². The van der Waals surface area contributed by atoms with Crippen LogP contribution >= 0.6 is 0 Å². The molecular weight excluding hydrogens is 236 g/mol. The second-order valence-corrected chi connectivity index (χ2v) is 5.05. The highest BCUT2D eigenvalue weighted by Gasteiger charge is 2.17. The van der Waals surface area contributed by atoms with E-state index in [-0.39, 0.29) is 11.8 Å². The molecule has 3 N–H and O–H groups in total. The molecule has 19 heavy (non-hydrogen) atoms. The molecule has 3 nitrogen and oxygen atoms in total. The van der Waals surface area contributed by atoms with Gasteiger partial charge in [0.25, 0.3) is 0 Å². The molecule has 1 rings (SSSR count). The molecule has 1 unspecified atom stereocenters. The molecule has 0 aliphatic carbocycles. The number of carbonyl (C=O) groups is 1. The first-order chi connectivity index (χ1) is 9.21. The average Bonchev–Trinajstić information content (AvgIpc) is 2.46. The Bertz CT molecular complexity index is 360. The summed E-state index contributed by atoms with van der Waals surface area (Å²) in [6, 6.07) is 10.0. The van der Waals surface area contributed by atoms with Gasteiger partial charge in [-0.2, -0.15) is 0 Å². The molecule has 1 aromatic rings. The minimum absolute atomic E-state index is 0.0817. The Hall–Kier alpha value is -1.35. The lowest BCUT2D eigenvalue weighted by atomic mass is 9.98. The van der Waals surface area contributed by atoms with Crippen LogP contribution in [0.15, 0.2) is 30.3 Å². The second kappa shape index (κ2) is 8.70. The van der Waals surface area contributed by atoms with Crippen molar-refractivity contribution >= 4 is 5.91 Å². The first-order valence-electron chi connectivity index (χ1n) is 7.22. The molecule has 0 bridgehead atoms. The number of rotatable bonds is 8. The monoisotopic (exact) mass is 262 g/mol. The van der Waals surface area contributed by atoms with Crippen molar-refractivity contribution < 1.29 is 4.79 Å². The van der Waals surface area contributed by atoms with Crippen molar-refractivity contribution in [1.82, 2.24) is 5.32 Å². The molecule has 0 saturated heterocycles. The molecule has 0 fully saturated rings. The number of hydrogen-bond acceptors (Lipinski definition) is 2. The number of benzene rings is 1. The fourth-order valence-corrected chi connectivity index (χ4v) is 2.15. The van der Waals surface area contributed by atoms with Gasteiger partial charge in [-0.25, -0.2) is 0 Å². The van der Waals surface area contributed by atoms with E-state index >= 15 is 0 Å². The summed E-state index contributed by atoms with van der Waals surface area (Å²) in [6.45, 7) is 5.47. The normalized spacial score (nSPS) is 12.4. The number of hydrogen-bond donors (Lipinski definition) is 2. The van der Waals surface area contributed by atoms with Crippen LogP contribution in [0.2, 0.25) is 0 Å². The van der Waals surface area contributed by atoms with Gasteiger partial charge in [0.2, 0.25) is 5.91 Å². The summed E-state index contributed by atoms with van der Waals surface area (Å²) < 4.78 is 0. The zero-order chi connectivity index (χ0) is 14.1. The minimum atomic E-state index is -0.128. The van der Waals surface area contributed by atoms with E-state index in [0.29, 0.717) is 18.9 Å². The molecule has 106 valence electrons. The van der Waals surface area contributed by atoms with Crippen molar-refractivity contribution in [3.63, 3.8) is 0 Å². The van der Waals surface area contributed by atoms with Gasteiger partial charge in [0.1, 0.15) is 0 Å². The molecule has 3 heteroatoms. The lowest BCUT2D eigenvalue weighted by molar-refractivity contribution is -0.124. The molecule has 1 aromatic carbocycles. The van der Waals surface area contributed by atoms with Crippen LogP contribution in [0, 0.1) is 11.8 Å². The molecule has 0 spiro atoms. The maximum absolute atomic E-state index is 12.1. The number of nitrogens with two attached hydrogens (primary N) is 1. The fraction of sp³-hybridized carbons (Fsp3) is 0.562. The lowest BCUT2D eigenvalue weighted by Crippen LogP contribution is -2.38. The standard InChI is InChI=1S/C16H26N2O/c1-3-13(4-2)12-18-16(19)15(11-17)10-14-8-6-5-7-9-14/h5-9,13,15H,3-4,10-12,17H2,1-2H3,(H,18,19). The Morgan fingerprint density at radius 2 is 1.84 bits per heavy atom. The topological polar surface area (TPSA) is 55.1 Å². The van der Waals surface area contributed by atoms with E-state index in [1.807, 2.05) is 30.3 Å². The summed E-state index contributed by atoms with van der Waals surface area (Å²) in [5.74, 6) is 0.522. The smallest absolute Gasteiger partial charge is 0.224 e. The molecule has 1 atom stereocenters. The van der Waals surface area contributed by atoms with Crippen molar-refractivity contribution in [1.29, 1.82) is 0 Å². The first kappa shape index (κ1) is 15.7. The van der Waals surface area contributed by atoms with Crippen LogP contribution in [-0.2, 0) is 11.2 Å². The van der Waals surface area contributed by atoms with Crippen LogP contribution in [0.1, 0.15) is 32.3 Å². The van der Waals surface area contributed by atoms with Crippen molar-refractivity contribution in [2.24, 2.45) is 17.6 Å². The van der Waals surface area contributed by atoms with Gasteiger partial charge in [0, 0.05) is 13.1 Å². The largest absolute Gasteiger partial charge is 0.356 e. The van der Waals surface area contributed by atoms with Crippen LogP contribution in [0.4, 0.5) is 0 Å². The Labute approximate surface area is 116 Å². The second-order valence-electron chi connectivity index (χ2n) is 5.05. The summed E-state index contributed by atoms with van der Waals surface area (Å²) in [7, 11) is 0. The van der Waals surface area contributed by atoms with Crippen LogP contribution in [0.25, 0.3) is 0 Å². The van der Waals surface area contributed by atoms with Crippen LogP contribution < -0.4 is 11.1 Å². The fourth-order valence-electron chi connectivity index (χ4n) is 2.15. The molecule has 1 amide bonds. The van der Waals surface area contributed by atoms with E-state index in [9.17, 15) is 4.79 Å². The van der Waals surface area contributed by atoms with Gasteiger partial charge in [-0.3, -0.25) is 4.79 Å². The summed E-state index contributed by atoms with van der Waals surface area (Å²) in [4.78, 5) is 12.1. The molecule has 0 aromatic heterocycles. The molecular formula is C16H26N2O. The van der Waals surface area contributed by atoms with Gasteiger partial charge in [-0.1, -0.05) is 57.0 Å². The van der Waals surface area contributed by atoms with Gasteiger partial charge in [0.15, 0.2) is 0 Å². The van der Waals surface area contributed by atoms with E-state index < -0.39 is 0 Å². The maximum atomic E-state index is 12.1. The van der Waals surface area contributed by atoms with Crippen LogP contribution in [0.5, 0.6) is 0 Å². The van der Waals surface area contributed by atoms with E-state index in [4.69, 9.17) is 5.73 Å². The third-order valence-electron chi connectivity index (χ3n) is 3.70. The first-order valence-corrected chi connectivity index (χ1v) is 7.22. The Balaban J connectivity index is 2.48. The van der Waals surface area contributed by atoms with E-state index in [1.165, 1.54) is 0 Å². The molecule has 0 saturated carbocycles. The third-order valence-corrected chi connectivity index (χ3v) is 3.70. The number of nitrogens with one attached hydrogen (secondary N) is 1.